The van der Waals surface area contributed by atoms with Gasteiger partial charge in [-0.3, -0.25) is 0 Å². The van der Waals surface area contributed by atoms with E-state index in [1.54, 1.807) is 0 Å². The number of hydrogen-bond donors (Lipinski definition) is 0. The molecule has 0 N–H and O–H groups in total. The highest BCUT2D eigenvalue weighted by atomic mass is 14.2. The summed E-state index contributed by atoms with van der Waals surface area (Å²) in [5.74, 6) is 0. The second-order valence-corrected chi connectivity index (χ2v) is 6.64. The molecule has 23 heavy (non-hydrogen) atoms. The lowest BCUT2D eigenvalue weighted by molar-refractivity contribution is 1.28. The van der Waals surface area contributed by atoms with Crippen molar-refractivity contribution in [1.82, 2.24) is 0 Å². The first-order valence-electron chi connectivity index (χ1n) is 8.17. The third-order valence-electron chi connectivity index (χ3n) is 5.37. The van der Waals surface area contributed by atoms with Gasteiger partial charge >= 0.3 is 0 Å². The lowest BCUT2D eigenvalue weighted by atomic mass is 9.94. The van der Waals surface area contributed by atoms with Crippen LogP contribution in [0, 0.1) is 0 Å². The van der Waals surface area contributed by atoms with Crippen molar-refractivity contribution < 1.29 is 0 Å². The van der Waals surface area contributed by atoms with Gasteiger partial charge in [-0.1, -0.05) is 60.7 Å². The van der Waals surface area contributed by atoms with Crippen LogP contribution < -0.4 is 0 Å². The molecular formula is C23H14. The Kier molecular flexibility index (Phi) is 1.98. The van der Waals surface area contributed by atoms with Crippen molar-refractivity contribution >= 4 is 43.1 Å². The van der Waals surface area contributed by atoms with Gasteiger partial charge < -0.3 is 0 Å². The largest absolute Gasteiger partial charge is 0.0616 e. The maximum atomic E-state index is 2.41. The maximum absolute atomic E-state index is 2.41. The van der Waals surface area contributed by atoms with Crippen LogP contribution in [0.15, 0.2) is 72.8 Å². The van der Waals surface area contributed by atoms with Crippen molar-refractivity contribution in [2.24, 2.45) is 0 Å². The molecule has 0 radical (unpaired) electrons. The van der Waals surface area contributed by atoms with Crippen LogP contribution in [0.4, 0.5) is 0 Å². The zero-order chi connectivity index (χ0) is 15.0. The van der Waals surface area contributed by atoms with Crippen LogP contribution in [0.2, 0.25) is 0 Å². The minimum atomic E-state index is 1.07. The SMILES string of the molecule is c1ccc2cc3c(cc4c5c3ccc3cccc(c35)C4)cc2c1. The number of fused-ring (bicyclic) bond motifs is 3. The Morgan fingerprint density at radius 2 is 1.30 bits per heavy atom. The van der Waals surface area contributed by atoms with E-state index >= 15 is 0 Å². The number of benzene rings is 5. The molecule has 0 bridgehead atoms. The van der Waals surface area contributed by atoms with Crippen molar-refractivity contribution in [1.29, 1.82) is 0 Å². The van der Waals surface area contributed by atoms with E-state index in [1.165, 1.54) is 54.2 Å². The quantitative estimate of drug-likeness (QED) is 0.231. The highest BCUT2D eigenvalue weighted by Crippen LogP contribution is 2.42. The topological polar surface area (TPSA) is 0 Å². The third kappa shape index (κ3) is 1.41. The van der Waals surface area contributed by atoms with Gasteiger partial charge in [-0.2, -0.15) is 0 Å². The lowest BCUT2D eigenvalue weighted by Crippen LogP contribution is -1.84. The van der Waals surface area contributed by atoms with Crippen LogP contribution in [0.1, 0.15) is 11.1 Å². The zero-order valence-electron chi connectivity index (χ0n) is 12.6. The molecule has 0 saturated heterocycles. The summed E-state index contributed by atoms with van der Waals surface area (Å²) in [4.78, 5) is 0. The second kappa shape index (κ2) is 3.91. The average molecular weight is 290 g/mol. The first-order valence-corrected chi connectivity index (χ1v) is 8.17. The Morgan fingerprint density at radius 3 is 2.22 bits per heavy atom. The summed E-state index contributed by atoms with van der Waals surface area (Å²) in [6.45, 7) is 0. The molecule has 0 aliphatic heterocycles. The van der Waals surface area contributed by atoms with Crippen LogP contribution in [-0.2, 0) is 6.42 Å². The zero-order valence-corrected chi connectivity index (χ0v) is 12.6. The van der Waals surface area contributed by atoms with Gasteiger partial charge in [-0.15, -0.1) is 0 Å². The van der Waals surface area contributed by atoms with E-state index in [0.717, 1.165) is 6.42 Å². The summed E-state index contributed by atoms with van der Waals surface area (Å²) in [5, 5.41) is 11.1. The molecule has 0 heteroatoms. The molecule has 106 valence electrons. The van der Waals surface area contributed by atoms with Gasteiger partial charge in [0, 0.05) is 0 Å². The minimum Gasteiger partial charge on any atom is -0.0616 e. The van der Waals surface area contributed by atoms with Gasteiger partial charge in [0.1, 0.15) is 0 Å². The fourth-order valence-corrected chi connectivity index (χ4v) is 4.38. The molecule has 0 saturated carbocycles. The van der Waals surface area contributed by atoms with Gasteiger partial charge in [0.05, 0.1) is 0 Å². The molecular weight excluding hydrogens is 276 g/mol. The van der Waals surface area contributed by atoms with Gasteiger partial charge in [0.2, 0.25) is 0 Å². The van der Waals surface area contributed by atoms with E-state index in [0.29, 0.717) is 0 Å². The molecule has 5 aromatic carbocycles. The third-order valence-corrected chi connectivity index (χ3v) is 5.37. The standard InChI is InChI=1S/C23H14/c1-2-5-16-13-21-18(10-15(16)4-1)12-19-11-17-7-3-6-14-8-9-20(21)23(19)22(14)17/h1-10,12-13H,11H2. The summed E-state index contributed by atoms with van der Waals surface area (Å²) in [6, 6.07) is 27.1. The molecule has 5 aromatic rings. The lowest BCUT2D eigenvalue weighted by Gasteiger charge is -2.09. The maximum Gasteiger partial charge on any atom is -0.00128 e. The smallest absolute Gasteiger partial charge is 0.00128 e. The van der Waals surface area contributed by atoms with Gasteiger partial charge in [0.15, 0.2) is 0 Å². The van der Waals surface area contributed by atoms with E-state index in [1.807, 2.05) is 0 Å². The average Bonchev–Trinajstić information content (AvgIpc) is 2.96. The molecule has 0 heterocycles. The molecule has 6 rings (SSSR count). The molecule has 0 spiro atoms. The predicted octanol–water partition coefficient (Wildman–Crippen LogP) is 6.20. The highest BCUT2D eigenvalue weighted by molar-refractivity contribution is 6.22. The van der Waals surface area contributed by atoms with Crippen LogP contribution in [0.25, 0.3) is 43.1 Å². The predicted molar refractivity (Wildman–Crippen MR) is 99.3 cm³/mol. The first kappa shape index (κ1) is 11.7. The Labute approximate surface area is 134 Å². The van der Waals surface area contributed by atoms with Crippen LogP contribution in [-0.4, -0.2) is 0 Å². The van der Waals surface area contributed by atoms with E-state index in [2.05, 4.69) is 72.8 Å². The molecule has 0 unspecified atom stereocenters. The summed E-state index contributed by atoms with van der Waals surface area (Å²) in [6.07, 6.45) is 1.07. The van der Waals surface area contributed by atoms with Crippen molar-refractivity contribution in [2.75, 3.05) is 0 Å². The highest BCUT2D eigenvalue weighted by Gasteiger charge is 2.18. The second-order valence-electron chi connectivity index (χ2n) is 6.64. The van der Waals surface area contributed by atoms with Crippen molar-refractivity contribution in [3.05, 3.63) is 83.9 Å². The Hall–Kier alpha value is -2.86. The molecule has 1 aliphatic rings. The summed E-state index contributed by atoms with van der Waals surface area (Å²) in [7, 11) is 0. The fourth-order valence-electron chi connectivity index (χ4n) is 4.38. The fraction of sp³-hybridized carbons (Fsp3) is 0.0435. The number of hydrogen-bond acceptors (Lipinski definition) is 0. The number of rotatable bonds is 0. The minimum absolute atomic E-state index is 1.07. The first-order chi connectivity index (χ1) is 11.4. The van der Waals surface area contributed by atoms with Crippen LogP contribution in [0.5, 0.6) is 0 Å². The Morgan fingerprint density at radius 1 is 0.478 bits per heavy atom. The summed E-state index contributed by atoms with van der Waals surface area (Å²) < 4.78 is 0. The molecule has 0 aromatic heterocycles. The molecule has 0 atom stereocenters. The van der Waals surface area contributed by atoms with Gasteiger partial charge in [0.25, 0.3) is 0 Å². The summed E-state index contributed by atoms with van der Waals surface area (Å²) >= 11 is 0. The van der Waals surface area contributed by atoms with Crippen LogP contribution in [0.3, 0.4) is 0 Å². The Balaban J connectivity index is 1.91. The van der Waals surface area contributed by atoms with E-state index in [-0.39, 0.29) is 0 Å². The van der Waals surface area contributed by atoms with Crippen LogP contribution >= 0.6 is 0 Å². The normalized spacial score (nSPS) is 13.0. The molecule has 0 amide bonds. The van der Waals surface area contributed by atoms with Crippen molar-refractivity contribution in [2.45, 2.75) is 6.42 Å². The van der Waals surface area contributed by atoms with E-state index in [9.17, 15) is 0 Å². The molecule has 0 fully saturated rings. The monoisotopic (exact) mass is 290 g/mol. The van der Waals surface area contributed by atoms with Gasteiger partial charge in [-0.05, 0) is 72.8 Å². The van der Waals surface area contributed by atoms with Crippen molar-refractivity contribution in [3.8, 4) is 0 Å². The molecule has 1 aliphatic carbocycles. The van der Waals surface area contributed by atoms with E-state index in [4.69, 9.17) is 0 Å². The summed E-state index contributed by atoms with van der Waals surface area (Å²) in [5.41, 5.74) is 2.96. The Bertz CT molecular complexity index is 1280. The van der Waals surface area contributed by atoms with E-state index < -0.39 is 0 Å². The van der Waals surface area contributed by atoms with Gasteiger partial charge in [-0.25, -0.2) is 0 Å². The van der Waals surface area contributed by atoms with Crippen molar-refractivity contribution in [3.63, 3.8) is 0 Å². The molecule has 0 nitrogen and oxygen atoms in total.